The van der Waals surface area contributed by atoms with Crippen molar-refractivity contribution in [2.45, 2.75) is 13.8 Å². The third-order valence-corrected chi connectivity index (χ3v) is 6.87. The van der Waals surface area contributed by atoms with Gasteiger partial charge in [-0.3, -0.25) is 19.5 Å². The monoisotopic (exact) mass is 431 g/mol. The second-order valence-electron chi connectivity index (χ2n) is 7.08. The number of rotatable bonds is 3. The molecule has 1 aromatic carbocycles. The molecule has 3 heterocycles. The number of benzene rings is 1. The molecule has 0 N–H and O–H groups in total. The zero-order valence-corrected chi connectivity index (χ0v) is 18.0. The molecule has 1 saturated heterocycles. The minimum Gasteiger partial charge on any atom is -0.378 e. The van der Waals surface area contributed by atoms with Gasteiger partial charge < -0.3 is 9.64 Å². The topological polar surface area (TPSA) is 62.2 Å². The first-order chi connectivity index (χ1) is 14.0. The molecule has 6 nitrogen and oxygen atoms in total. The Bertz CT molecular complexity index is 995. The molecular weight excluding hydrogens is 410 g/mol. The van der Waals surface area contributed by atoms with Gasteiger partial charge in [-0.25, -0.2) is 0 Å². The summed E-state index contributed by atoms with van der Waals surface area (Å²) >= 11 is 7.97. The van der Waals surface area contributed by atoms with E-state index in [1.165, 1.54) is 11.3 Å². The van der Waals surface area contributed by atoms with Gasteiger partial charge in [-0.1, -0.05) is 29.8 Å². The maximum atomic E-state index is 13.0. The zero-order valence-electron chi connectivity index (χ0n) is 16.4. The van der Waals surface area contributed by atoms with Crippen molar-refractivity contribution in [3.05, 3.63) is 50.9 Å². The first kappa shape index (κ1) is 20.1. The van der Waals surface area contributed by atoms with Crippen LogP contribution in [0.15, 0.2) is 29.3 Å². The van der Waals surface area contributed by atoms with Crippen LogP contribution >= 0.6 is 22.9 Å². The fourth-order valence-corrected chi connectivity index (χ4v) is 4.98. The molecule has 2 aromatic rings. The van der Waals surface area contributed by atoms with E-state index in [9.17, 15) is 9.59 Å². The molecule has 0 unspecified atom stereocenters. The molecule has 8 heteroatoms. The highest BCUT2D eigenvalue weighted by Gasteiger charge is 2.32. The van der Waals surface area contributed by atoms with Crippen LogP contribution < -0.4 is 4.90 Å². The molecule has 0 radical (unpaired) electrons. The van der Waals surface area contributed by atoms with Gasteiger partial charge in [0.15, 0.2) is 0 Å². The summed E-state index contributed by atoms with van der Waals surface area (Å²) in [5.74, 6) is -0.256. The lowest BCUT2D eigenvalue weighted by Crippen LogP contribution is -2.47. The third kappa shape index (κ3) is 3.82. The molecule has 152 valence electrons. The summed E-state index contributed by atoms with van der Waals surface area (Å²) in [6.07, 6.45) is 0. The highest BCUT2D eigenvalue weighted by Crippen LogP contribution is 2.39. The standard InChI is InChI=1S/C21H22ClN3O3S/c1-13-14(2)29-21-19(13)20(15-5-3-4-6-16(15)22)23-11-17(26)25(21)12-18(27)24-7-9-28-10-8-24/h3-6H,7-12H2,1-2H3. The summed E-state index contributed by atoms with van der Waals surface area (Å²) in [4.78, 5) is 34.9. The van der Waals surface area contributed by atoms with E-state index in [4.69, 9.17) is 16.3 Å². The van der Waals surface area contributed by atoms with Crippen molar-refractivity contribution < 1.29 is 14.3 Å². The van der Waals surface area contributed by atoms with E-state index in [-0.39, 0.29) is 24.9 Å². The van der Waals surface area contributed by atoms with Crippen LogP contribution in [0.4, 0.5) is 5.00 Å². The number of carbonyl (C=O) groups excluding carboxylic acids is 2. The van der Waals surface area contributed by atoms with Crippen molar-refractivity contribution in [1.82, 2.24) is 4.90 Å². The Kier molecular flexibility index (Phi) is 5.72. The number of aliphatic imine (C=N–C) groups is 1. The molecule has 29 heavy (non-hydrogen) atoms. The number of thiophene rings is 1. The Morgan fingerprint density at radius 2 is 1.97 bits per heavy atom. The van der Waals surface area contributed by atoms with E-state index < -0.39 is 0 Å². The molecule has 0 atom stereocenters. The molecule has 0 saturated carbocycles. The zero-order chi connectivity index (χ0) is 20.5. The lowest BCUT2D eigenvalue weighted by atomic mass is 10.00. The van der Waals surface area contributed by atoms with Crippen molar-refractivity contribution in [3.63, 3.8) is 0 Å². The van der Waals surface area contributed by atoms with Crippen molar-refractivity contribution in [3.8, 4) is 0 Å². The van der Waals surface area contributed by atoms with Crippen LogP contribution in [-0.2, 0) is 14.3 Å². The molecule has 2 amide bonds. The van der Waals surface area contributed by atoms with E-state index >= 15 is 0 Å². The normalized spacial score (nSPS) is 17.1. The lowest BCUT2D eigenvalue weighted by Gasteiger charge is -2.29. The van der Waals surface area contributed by atoms with Crippen LogP contribution in [0.3, 0.4) is 0 Å². The summed E-state index contributed by atoms with van der Waals surface area (Å²) in [5, 5.41) is 1.36. The number of carbonyl (C=O) groups is 2. The number of amides is 2. The molecule has 0 aliphatic carbocycles. The molecule has 4 rings (SSSR count). The quantitative estimate of drug-likeness (QED) is 0.750. The van der Waals surface area contributed by atoms with Crippen LogP contribution in [0, 0.1) is 13.8 Å². The number of anilines is 1. The fourth-order valence-electron chi connectivity index (χ4n) is 3.58. The van der Waals surface area contributed by atoms with Gasteiger partial charge in [0.1, 0.15) is 18.1 Å². The van der Waals surface area contributed by atoms with Gasteiger partial charge >= 0.3 is 0 Å². The van der Waals surface area contributed by atoms with Crippen LogP contribution in [0.1, 0.15) is 21.6 Å². The molecule has 1 fully saturated rings. The summed E-state index contributed by atoms with van der Waals surface area (Å²) in [7, 11) is 0. The van der Waals surface area contributed by atoms with Crippen molar-refractivity contribution in [2.24, 2.45) is 4.99 Å². The van der Waals surface area contributed by atoms with E-state index in [1.807, 2.05) is 38.1 Å². The van der Waals surface area contributed by atoms with Gasteiger partial charge in [0.05, 0.1) is 18.9 Å². The van der Waals surface area contributed by atoms with Gasteiger partial charge in [-0.15, -0.1) is 11.3 Å². The highest BCUT2D eigenvalue weighted by molar-refractivity contribution is 7.17. The van der Waals surface area contributed by atoms with Crippen molar-refractivity contribution >= 4 is 45.5 Å². The number of hydrogen-bond donors (Lipinski definition) is 0. The van der Waals surface area contributed by atoms with E-state index in [2.05, 4.69) is 4.99 Å². The number of aryl methyl sites for hydroxylation is 1. The predicted molar refractivity (Wildman–Crippen MR) is 116 cm³/mol. The van der Waals surface area contributed by atoms with E-state index in [0.29, 0.717) is 37.0 Å². The molecule has 1 aromatic heterocycles. The minimum absolute atomic E-state index is 0.0105. The molecule has 2 aliphatic heterocycles. The third-order valence-electron chi connectivity index (χ3n) is 5.31. The molecule has 2 aliphatic rings. The Labute approximate surface area is 178 Å². The fraction of sp³-hybridized carbons (Fsp3) is 0.381. The summed E-state index contributed by atoms with van der Waals surface area (Å²) in [6, 6.07) is 7.51. The maximum absolute atomic E-state index is 13.0. The smallest absolute Gasteiger partial charge is 0.249 e. The Hall–Kier alpha value is -2.22. The minimum atomic E-state index is -0.184. The summed E-state index contributed by atoms with van der Waals surface area (Å²) < 4.78 is 5.33. The Balaban J connectivity index is 1.74. The second kappa shape index (κ2) is 8.26. The molecular formula is C21H22ClN3O3S. The second-order valence-corrected chi connectivity index (χ2v) is 8.69. The number of nitrogens with zero attached hydrogens (tertiary/aromatic N) is 3. The van der Waals surface area contributed by atoms with Crippen LogP contribution in [0.25, 0.3) is 0 Å². The number of morpholine rings is 1. The number of halogens is 1. The Morgan fingerprint density at radius 3 is 2.69 bits per heavy atom. The number of fused-ring (bicyclic) bond motifs is 1. The van der Waals surface area contributed by atoms with Gasteiger partial charge in [0.2, 0.25) is 11.8 Å². The Morgan fingerprint density at radius 1 is 1.24 bits per heavy atom. The van der Waals surface area contributed by atoms with Gasteiger partial charge in [0.25, 0.3) is 0 Å². The molecule has 0 spiro atoms. The van der Waals surface area contributed by atoms with Crippen molar-refractivity contribution in [2.75, 3.05) is 44.3 Å². The largest absolute Gasteiger partial charge is 0.378 e. The SMILES string of the molecule is Cc1sc2c(c1C)C(c1ccccc1Cl)=NCC(=O)N2CC(=O)N1CCOCC1. The first-order valence-corrected chi connectivity index (χ1v) is 10.7. The first-order valence-electron chi connectivity index (χ1n) is 9.53. The average Bonchev–Trinajstić information content (AvgIpc) is 2.94. The molecule has 0 bridgehead atoms. The van der Waals surface area contributed by atoms with Crippen LogP contribution in [0.2, 0.25) is 5.02 Å². The highest BCUT2D eigenvalue weighted by atomic mass is 35.5. The van der Waals surface area contributed by atoms with Crippen LogP contribution in [-0.4, -0.2) is 61.8 Å². The van der Waals surface area contributed by atoms with Gasteiger partial charge in [-0.2, -0.15) is 0 Å². The maximum Gasteiger partial charge on any atom is 0.249 e. The summed E-state index contributed by atoms with van der Waals surface area (Å²) in [6.45, 7) is 6.20. The van der Waals surface area contributed by atoms with Crippen LogP contribution in [0.5, 0.6) is 0 Å². The predicted octanol–water partition coefficient (Wildman–Crippen LogP) is 3.06. The van der Waals surface area contributed by atoms with Gasteiger partial charge in [0, 0.05) is 34.1 Å². The number of hydrogen-bond acceptors (Lipinski definition) is 5. The van der Waals surface area contributed by atoms with E-state index in [0.717, 1.165) is 26.6 Å². The van der Waals surface area contributed by atoms with Gasteiger partial charge in [-0.05, 0) is 25.5 Å². The number of ether oxygens (including phenoxy) is 1. The lowest BCUT2D eigenvalue weighted by molar-refractivity contribution is -0.134. The summed E-state index contributed by atoms with van der Waals surface area (Å²) in [5.41, 5.74) is 3.45. The average molecular weight is 432 g/mol. The van der Waals surface area contributed by atoms with E-state index in [1.54, 1.807) is 9.80 Å². The van der Waals surface area contributed by atoms with Crippen molar-refractivity contribution in [1.29, 1.82) is 0 Å².